The molecule has 2 aliphatic heterocycles. The van der Waals surface area contributed by atoms with Crippen molar-refractivity contribution in [1.82, 2.24) is 0 Å². The standard InChI is InChI=1S/C29H20FNO7/c1-2-37-26(34)16-9-13-18(14-10-16)31-23(15-7-11-17(30)12-8-15)21-22(28(36)38-27(21)35)29(31)24(32)19-5-3-4-6-20(19)25(29)33/h3-14,21-23H,2H2,1H3/t21-,22+,23-/m0/s1. The molecule has 8 nitrogen and oxygen atoms in total. The van der Waals surface area contributed by atoms with Crippen LogP contribution >= 0.6 is 0 Å². The highest BCUT2D eigenvalue weighted by Gasteiger charge is 2.76. The molecule has 3 aromatic rings. The average Bonchev–Trinajstić information content (AvgIpc) is 3.48. The first-order valence-corrected chi connectivity index (χ1v) is 12.1. The molecule has 2 saturated heterocycles. The number of anilines is 1. The third-order valence-corrected chi connectivity index (χ3v) is 7.51. The minimum atomic E-state index is -2.11. The fraction of sp³-hybridized carbons (Fsp3) is 0.207. The number of carbonyl (C=O) groups is 5. The van der Waals surface area contributed by atoms with E-state index >= 15 is 0 Å². The number of hydrogen-bond acceptors (Lipinski definition) is 8. The van der Waals surface area contributed by atoms with Crippen LogP contribution in [0.5, 0.6) is 0 Å². The smallest absolute Gasteiger partial charge is 0.338 e. The Labute approximate surface area is 216 Å². The van der Waals surface area contributed by atoms with Gasteiger partial charge in [0.05, 0.1) is 24.1 Å². The Balaban J connectivity index is 1.61. The Kier molecular flexibility index (Phi) is 5.27. The molecule has 0 unspecified atom stereocenters. The first-order valence-electron chi connectivity index (χ1n) is 12.1. The number of ketones is 2. The number of fused-ring (bicyclic) bond motifs is 3. The molecule has 190 valence electrons. The van der Waals surface area contributed by atoms with Gasteiger partial charge >= 0.3 is 17.9 Å². The van der Waals surface area contributed by atoms with Crippen molar-refractivity contribution in [2.45, 2.75) is 18.5 Å². The lowest BCUT2D eigenvalue weighted by atomic mass is 9.76. The molecule has 3 atom stereocenters. The Hall–Kier alpha value is -4.66. The van der Waals surface area contributed by atoms with E-state index in [1.54, 1.807) is 19.1 Å². The Morgan fingerprint density at radius 1 is 0.895 bits per heavy atom. The number of Topliss-reactive ketones (excluding diaryl/α,β-unsaturated/α-hetero) is 2. The topological polar surface area (TPSA) is 107 Å². The lowest BCUT2D eigenvalue weighted by Gasteiger charge is -2.39. The number of esters is 3. The van der Waals surface area contributed by atoms with Gasteiger partial charge in [0.15, 0.2) is 17.1 Å². The van der Waals surface area contributed by atoms with Gasteiger partial charge in [-0.2, -0.15) is 0 Å². The molecule has 0 N–H and O–H groups in total. The minimum Gasteiger partial charge on any atom is -0.462 e. The number of cyclic esters (lactones) is 2. The summed E-state index contributed by atoms with van der Waals surface area (Å²) in [6, 6.07) is 16.6. The van der Waals surface area contributed by atoms with E-state index in [0.29, 0.717) is 11.3 Å². The van der Waals surface area contributed by atoms with Gasteiger partial charge in [-0.15, -0.1) is 0 Å². The summed E-state index contributed by atoms with van der Waals surface area (Å²) in [5.74, 6) is -6.79. The number of rotatable bonds is 4. The molecule has 3 aliphatic rings. The van der Waals surface area contributed by atoms with Crippen LogP contribution in [0.25, 0.3) is 0 Å². The molecule has 3 aromatic carbocycles. The van der Waals surface area contributed by atoms with E-state index in [2.05, 4.69) is 0 Å². The molecule has 1 aliphatic carbocycles. The van der Waals surface area contributed by atoms with Gasteiger partial charge in [-0.1, -0.05) is 36.4 Å². The van der Waals surface area contributed by atoms with E-state index in [9.17, 15) is 28.4 Å². The first-order chi connectivity index (χ1) is 18.3. The van der Waals surface area contributed by atoms with Gasteiger partial charge in [0.1, 0.15) is 11.7 Å². The summed E-state index contributed by atoms with van der Waals surface area (Å²) in [6.45, 7) is 1.86. The molecule has 0 aromatic heterocycles. The second kappa shape index (κ2) is 8.44. The predicted molar refractivity (Wildman–Crippen MR) is 130 cm³/mol. The van der Waals surface area contributed by atoms with Crippen LogP contribution in [-0.4, -0.2) is 41.6 Å². The summed E-state index contributed by atoms with van der Waals surface area (Å²) in [4.78, 5) is 68.4. The lowest BCUT2D eigenvalue weighted by molar-refractivity contribution is -0.154. The highest BCUT2D eigenvalue weighted by atomic mass is 19.1. The van der Waals surface area contributed by atoms with Crippen molar-refractivity contribution in [2.24, 2.45) is 11.8 Å². The molecule has 0 amide bonds. The number of ether oxygens (including phenoxy) is 2. The van der Waals surface area contributed by atoms with Crippen molar-refractivity contribution in [1.29, 1.82) is 0 Å². The van der Waals surface area contributed by atoms with Crippen LogP contribution in [0.4, 0.5) is 10.1 Å². The zero-order valence-electron chi connectivity index (χ0n) is 20.1. The minimum absolute atomic E-state index is 0.135. The summed E-state index contributed by atoms with van der Waals surface area (Å²) < 4.78 is 23.9. The summed E-state index contributed by atoms with van der Waals surface area (Å²) in [5.41, 5.74) is -0.868. The zero-order chi connectivity index (χ0) is 26.8. The number of carbonyl (C=O) groups excluding carboxylic acids is 5. The van der Waals surface area contributed by atoms with Gasteiger partial charge in [0.25, 0.3) is 0 Å². The highest BCUT2D eigenvalue weighted by Crippen LogP contribution is 2.59. The van der Waals surface area contributed by atoms with Crippen LogP contribution in [-0.2, 0) is 19.1 Å². The van der Waals surface area contributed by atoms with Crippen molar-refractivity contribution < 1.29 is 37.8 Å². The predicted octanol–water partition coefficient (Wildman–Crippen LogP) is 3.70. The van der Waals surface area contributed by atoms with Gasteiger partial charge in [-0.3, -0.25) is 19.2 Å². The third-order valence-electron chi connectivity index (χ3n) is 7.51. The maximum absolute atomic E-state index is 14.2. The average molecular weight is 513 g/mol. The molecule has 0 saturated carbocycles. The molecule has 2 fully saturated rings. The number of halogens is 1. The zero-order valence-corrected chi connectivity index (χ0v) is 20.1. The van der Waals surface area contributed by atoms with Crippen LogP contribution in [0, 0.1) is 17.7 Å². The molecular weight excluding hydrogens is 493 g/mol. The van der Waals surface area contributed by atoms with E-state index in [1.165, 1.54) is 65.6 Å². The van der Waals surface area contributed by atoms with E-state index in [4.69, 9.17) is 9.47 Å². The molecule has 2 heterocycles. The van der Waals surface area contributed by atoms with Crippen LogP contribution in [0.2, 0.25) is 0 Å². The van der Waals surface area contributed by atoms with Gasteiger partial charge in [-0.25, -0.2) is 9.18 Å². The van der Waals surface area contributed by atoms with E-state index in [0.717, 1.165) is 0 Å². The van der Waals surface area contributed by atoms with Crippen molar-refractivity contribution in [3.63, 3.8) is 0 Å². The number of benzene rings is 3. The summed E-state index contributed by atoms with van der Waals surface area (Å²) >= 11 is 0. The van der Waals surface area contributed by atoms with E-state index < -0.39 is 58.7 Å². The number of nitrogens with zero attached hydrogens (tertiary/aromatic N) is 1. The molecule has 1 spiro atoms. The SMILES string of the molecule is CCOC(=O)c1ccc(N2[C@@H](c3ccc(F)cc3)[C@H]3C(=O)OC(=O)[C@@H]3C23C(=O)c2ccccc2C3=O)cc1. The fourth-order valence-corrected chi connectivity index (χ4v) is 6.03. The normalized spacial score (nSPS) is 23.0. The van der Waals surface area contributed by atoms with E-state index in [1.807, 2.05) is 0 Å². The van der Waals surface area contributed by atoms with Crippen molar-refractivity contribution in [2.75, 3.05) is 11.5 Å². The summed E-state index contributed by atoms with van der Waals surface area (Å²) in [7, 11) is 0. The molecule has 38 heavy (non-hydrogen) atoms. The second-order valence-electron chi connectivity index (χ2n) is 9.35. The van der Waals surface area contributed by atoms with Gasteiger partial charge < -0.3 is 14.4 Å². The maximum atomic E-state index is 14.2. The highest BCUT2D eigenvalue weighted by molar-refractivity contribution is 6.37. The summed E-state index contributed by atoms with van der Waals surface area (Å²) in [5, 5.41) is 0. The van der Waals surface area contributed by atoms with Crippen LogP contribution < -0.4 is 4.90 Å². The van der Waals surface area contributed by atoms with E-state index in [-0.39, 0.29) is 23.3 Å². The van der Waals surface area contributed by atoms with Crippen LogP contribution in [0.1, 0.15) is 49.6 Å². The molecule has 0 radical (unpaired) electrons. The first kappa shape index (κ1) is 23.7. The van der Waals surface area contributed by atoms with Crippen LogP contribution in [0.15, 0.2) is 72.8 Å². The second-order valence-corrected chi connectivity index (χ2v) is 9.35. The fourth-order valence-electron chi connectivity index (χ4n) is 6.03. The third kappa shape index (κ3) is 3.04. The summed E-state index contributed by atoms with van der Waals surface area (Å²) in [6.07, 6.45) is 0. The van der Waals surface area contributed by atoms with Crippen LogP contribution in [0.3, 0.4) is 0 Å². The monoisotopic (exact) mass is 513 g/mol. The molecular formula is C29H20FNO7. The quantitative estimate of drug-likeness (QED) is 0.384. The molecule has 6 rings (SSSR count). The Morgan fingerprint density at radius 3 is 2.08 bits per heavy atom. The van der Waals surface area contributed by atoms with Gasteiger partial charge in [-0.05, 0) is 48.9 Å². The van der Waals surface area contributed by atoms with Crippen molar-refractivity contribution >= 4 is 35.2 Å². The largest absolute Gasteiger partial charge is 0.462 e. The van der Waals surface area contributed by atoms with Crippen molar-refractivity contribution in [3.05, 3.63) is 101 Å². The molecule has 0 bridgehead atoms. The van der Waals surface area contributed by atoms with Gasteiger partial charge in [0, 0.05) is 16.8 Å². The Bertz CT molecular complexity index is 1490. The molecule has 9 heteroatoms. The maximum Gasteiger partial charge on any atom is 0.338 e. The van der Waals surface area contributed by atoms with Crippen molar-refractivity contribution in [3.8, 4) is 0 Å². The van der Waals surface area contributed by atoms with Gasteiger partial charge in [0.2, 0.25) is 0 Å². The number of hydrogen-bond donors (Lipinski definition) is 0. The lowest BCUT2D eigenvalue weighted by Crippen LogP contribution is -2.59. The Morgan fingerprint density at radius 2 is 1.50 bits per heavy atom.